The molecule has 2 heterocycles. The van der Waals surface area contributed by atoms with Gasteiger partial charge in [0.2, 0.25) is 0 Å². The molecule has 0 saturated carbocycles. The second kappa shape index (κ2) is 7.27. The molecule has 0 fully saturated rings. The van der Waals surface area contributed by atoms with Crippen LogP contribution in [0.1, 0.15) is 34.9 Å². The molecule has 0 saturated heterocycles. The number of carbonyl (C=O) groups is 1. The molecule has 1 aromatic carbocycles. The fourth-order valence-electron chi connectivity index (χ4n) is 2.51. The number of carbonyl (C=O) groups excluding carboxylic acids is 1. The standard InChI is InChI=1S/C17H17ClFN5O2/c1-9(15(20)14-4-3-7-26-14)21-17(25)16-10(2)24(23-22-16)13-6-5-11(18)8-12(13)19/h3-9,15H,20H2,1-2H3,(H,21,25). The van der Waals surface area contributed by atoms with Gasteiger partial charge in [-0.1, -0.05) is 16.8 Å². The number of nitrogens with one attached hydrogen (secondary N) is 1. The quantitative estimate of drug-likeness (QED) is 0.712. The highest BCUT2D eigenvalue weighted by Crippen LogP contribution is 2.20. The van der Waals surface area contributed by atoms with Gasteiger partial charge < -0.3 is 15.5 Å². The Kier molecular flexibility index (Phi) is 5.06. The Morgan fingerprint density at radius 2 is 2.19 bits per heavy atom. The Bertz CT molecular complexity index is 925. The van der Waals surface area contributed by atoms with Crippen molar-refractivity contribution in [3.8, 4) is 5.69 Å². The van der Waals surface area contributed by atoms with E-state index < -0.39 is 23.8 Å². The summed E-state index contributed by atoms with van der Waals surface area (Å²) in [5.41, 5.74) is 6.69. The lowest BCUT2D eigenvalue weighted by molar-refractivity contribution is 0.0927. The van der Waals surface area contributed by atoms with Crippen molar-refractivity contribution in [2.75, 3.05) is 0 Å². The number of halogens is 2. The van der Waals surface area contributed by atoms with Gasteiger partial charge in [0.25, 0.3) is 5.91 Å². The average Bonchev–Trinajstić information content (AvgIpc) is 3.24. The first-order valence-corrected chi connectivity index (χ1v) is 8.24. The molecule has 0 spiro atoms. The highest BCUT2D eigenvalue weighted by molar-refractivity contribution is 6.30. The van der Waals surface area contributed by atoms with Crippen LogP contribution in [0.3, 0.4) is 0 Å². The van der Waals surface area contributed by atoms with Crippen molar-refractivity contribution in [3.63, 3.8) is 0 Å². The van der Waals surface area contributed by atoms with E-state index in [1.54, 1.807) is 26.0 Å². The molecule has 3 aromatic rings. The summed E-state index contributed by atoms with van der Waals surface area (Å²) in [4.78, 5) is 12.5. The summed E-state index contributed by atoms with van der Waals surface area (Å²) in [7, 11) is 0. The minimum absolute atomic E-state index is 0.0813. The van der Waals surface area contributed by atoms with Gasteiger partial charge in [-0.05, 0) is 44.2 Å². The number of aromatic nitrogens is 3. The van der Waals surface area contributed by atoms with E-state index >= 15 is 0 Å². The van der Waals surface area contributed by atoms with Crippen LogP contribution in [0.4, 0.5) is 4.39 Å². The molecule has 136 valence electrons. The Labute approximate surface area is 153 Å². The number of furan rings is 1. The average molecular weight is 378 g/mol. The number of benzene rings is 1. The minimum atomic E-state index is -0.564. The molecule has 2 aromatic heterocycles. The van der Waals surface area contributed by atoms with Crippen LogP contribution in [-0.4, -0.2) is 26.9 Å². The van der Waals surface area contributed by atoms with Crippen molar-refractivity contribution in [2.45, 2.75) is 25.9 Å². The monoisotopic (exact) mass is 377 g/mol. The molecule has 2 unspecified atom stereocenters. The first-order chi connectivity index (χ1) is 12.4. The molecule has 3 N–H and O–H groups in total. The lowest BCUT2D eigenvalue weighted by Gasteiger charge is -2.19. The van der Waals surface area contributed by atoms with E-state index in [2.05, 4.69) is 15.6 Å². The lowest BCUT2D eigenvalue weighted by Crippen LogP contribution is -2.40. The van der Waals surface area contributed by atoms with E-state index in [1.807, 2.05) is 0 Å². The Balaban J connectivity index is 1.80. The maximum absolute atomic E-state index is 14.1. The first kappa shape index (κ1) is 18.1. The van der Waals surface area contributed by atoms with E-state index in [-0.39, 0.29) is 16.4 Å². The maximum Gasteiger partial charge on any atom is 0.274 e. The second-order valence-corrected chi connectivity index (χ2v) is 6.27. The van der Waals surface area contributed by atoms with E-state index in [9.17, 15) is 9.18 Å². The van der Waals surface area contributed by atoms with Crippen LogP contribution in [0, 0.1) is 12.7 Å². The normalized spacial score (nSPS) is 13.4. The molecule has 0 bridgehead atoms. The van der Waals surface area contributed by atoms with Crippen LogP contribution in [-0.2, 0) is 0 Å². The van der Waals surface area contributed by atoms with Gasteiger partial charge >= 0.3 is 0 Å². The predicted octanol–water partition coefficient (Wildman–Crippen LogP) is 2.78. The van der Waals surface area contributed by atoms with Crippen molar-refractivity contribution in [1.29, 1.82) is 0 Å². The fourth-order valence-corrected chi connectivity index (χ4v) is 2.67. The number of rotatable bonds is 5. The topological polar surface area (TPSA) is 99.0 Å². The van der Waals surface area contributed by atoms with Gasteiger partial charge in [-0.3, -0.25) is 4.79 Å². The molecule has 9 heteroatoms. The van der Waals surface area contributed by atoms with E-state index in [1.165, 1.54) is 29.1 Å². The van der Waals surface area contributed by atoms with Gasteiger partial charge in [0.05, 0.1) is 18.0 Å². The van der Waals surface area contributed by atoms with Crippen LogP contribution in [0.2, 0.25) is 5.02 Å². The zero-order valence-corrected chi connectivity index (χ0v) is 14.9. The fraction of sp³-hybridized carbons (Fsp3) is 0.235. The molecule has 1 amide bonds. The van der Waals surface area contributed by atoms with Crippen LogP contribution in [0.15, 0.2) is 41.0 Å². The van der Waals surface area contributed by atoms with Gasteiger partial charge in [-0.2, -0.15) is 0 Å². The molecule has 0 radical (unpaired) electrons. The van der Waals surface area contributed by atoms with Crippen molar-refractivity contribution in [2.24, 2.45) is 5.73 Å². The van der Waals surface area contributed by atoms with Crippen molar-refractivity contribution in [1.82, 2.24) is 20.3 Å². The van der Waals surface area contributed by atoms with Crippen molar-refractivity contribution in [3.05, 3.63) is 64.6 Å². The first-order valence-electron chi connectivity index (χ1n) is 7.86. The van der Waals surface area contributed by atoms with E-state index in [0.717, 1.165) is 0 Å². The third kappa shape index (κ3) is 3.47. The van der Waals surface area contributed by atoms with Gasteiger partial charge in [0.15, 0.2) is 5.69 Å². The van der Waals surface area contributed by atoms with Gasteiger partial charge in [-0.25, -0.2) is 9.07 Å². The van der Waals surface area contributed by atoms with E-state index in [0.29, 0.717) is 11.5 Å². The molecule has 0 aliphatic heterocycles. The third-order valence-electron chi connectivity index (χ3n) is 4.02. The third-order valence-corrected chi connectivity index (χ3v) is 4.25. The Morgan fingerprint density at radius 3 is 2.85 bits per heavy atom. The second-order valence-electron chi connectivity index (χ2n) is 5.83. The maximum atomic E-state index is 14.1. The van der Waals surface area contributed by atoms with E-state index in [4.69, 9.17) is 21.8 Å². The smallest absolute Gasteiger partial charge is 0.274 e. The molecular weight excluding hydrogens is 361 g/mol. The summed E-state index contributed by atoms with van der Waals surface area (Å²) in [6.07, 6.45) is 1.51. The summed E-state index contributed by atoms with van der Waals surface area (Å²) in [5.74, 6) is -0.468. The van der Waals surface area contributed by atoms with Gasteiger partial charge in [0.1, 0.15) is 17.3 Å². The number of nitrogens with zero attached hydrogens (tertiary/aromatic N) is 3. The molecular formula is C17H17ClFN5O2. The van der Waals surface area contributed by atoms with Crippen molar-refractivity contribution >= 4 is 17.5 Å². The zero-order chi connectivity index (χ0) is 18.8. The van der Waals surface area contributed by atoms with Crippen LogP contribution < -0.4 is 11.1 Å². The zero-order valence-electron chi connectivity index (χ0n) is 14.1. The van der Waals surface area contributed by atoms with Crippen LogP contribution in [0.5, 0.6) is 0 Å². The number of nitrogens with two attached hydrogens (primary N) is 1. The SMILES string of the molecule is Cc1c(C(=O)NC(C)C(N)c2ccco2)nnn1-c1ccc(Cl)cc1F. The summed E-state index contributed by atoms with van der Waals surface area (Å²) in [5, 5.41) is 10.8. The summed E-state index contributed by atoms with van der Waals surface area (Å²) < 4.78 is 20.6. The molecule has 3 rings (SSSR count). The lowest BCUT2D eigenvalue weighted by atomic mass is 10.1. The minimum Gasteiger partial charge on any atom is -0.468 e. The van der Waals surface area contributed by atoms with Gasteiger partial charge in [0, 0.05) is 11.1 Å². The number of amides is 1. The molecule has 0 aliphatic rings. The largest absolute Gasteiger partial charge is 0.468 e. The molecule has 2 atom stereocenters. The Hall–Kier alpha value is -2.71. The van der Waals surface area contributed by atoms with Crippen LogP contribution in [0.25, 0.3) is 5.69 Å². The predicted molar refractivity (Wildman–Crippen MR) is 93.6 cm³/mol. The van der Waals surface area contributed by atoms with Crippen molar-refractivity contribution < 1.29 is 13.6 Å². The number of hydrogen-bond acceptors (Lipinski definition) is 5. The molecule has 0 aliphatic carbocycles. The Morgan fingerprint density at radius 1 is 1.42 bits per heavy atom. The molecule has 7 nitrogen and oxygen atoms in total. The number of hydrogen-bond donors (Lipinski definition) is 2. The summed E-state index contributed by atoms with van der Waals surface area (Å²) in [6.45, 7) is 3.38. The van der Waals surface area contributed by atoms with Crippen LogP contribution >= 0.6 is 11.6 Å². The highest BCUT2D eigenvalue weighted by Gasteiger charge is 2.24. The summed E-state index contributed by atoms with van der Waals surface area (Å²) >= 11 is 5.76. The summed E-state index contributed by atoms with van der Waals surface area (Å²) in [6, 6.07) is 6.70. The molecule has 26 heavy (non-hydrogen) atoms. The highest BCUT2D eigenvalue weighted by atomic mass is 35.5. The van der Waals surface area contributed by atoms with Gasteiger partial charge in [-0.15, -0.1) is 5.10 Å².